The molecule has 9 heteroatoms. The quantitative estimate of drug-likeness (QED) is 0.527. The molecule has 1 aliphatic rings. The number of rotatable bonds is 3. The van der Waals surface area contributed by atoms with Crippen LogP contribution in [0.15, 0.2) is 36.5 Å². The predicted molar refractivity (Wildman–Crippen MR) is 119 cm³/mol. The Balaban J connectivity index is 1.60. The number of thiazole rings is 1. The van der Waals surface area contributed by atoms with Crippen LogP contribution in [0.4, 0.5) is 5.00 Å². The first-order valence-corrected chi connectivity index (χ1v) is 11.2. The van der Waals surface area contributed by atoms with Gasteiger partial charge in [0.1, 0.15) is 10.0 Å². The molecular formula is C21H19N5O2S2. The molecule has 0 saturated carbocycles. The van der Waals surface area contributed by atoms with Crippen molar-refractivity contribution in [3.63, 3.8) is 0 Å². The zero-order chi connectivity index (χ0) is 20.8. The van der Waals surface area contributed by atoms with Crippen LogP contribution in [0.1, 0.15) is 27.9 Å². The van der Waals surface area contributed by atoms with Crippen LogP contribution >= 0.6 is 22.7 Å². The molecule has 0 spiro atoms. The van der Waals surface area contributed by atoms with E-state index in [0.29, 0.717) is 18.8 Å². The highest BCUT2D eigenvalue weighted by Gasteiger charge is 2.29. The van der Waals surface area contributed by atoms with Crippen molar-refractivity contribution in [1.82, 2.24) is 19.7 Å². The van der Waals surface area contributed by atoms with E-state index in [0.717, 1.165) is 37.1 Å². The van der Waals surface area contributed by atoms with Gasteiger partial charge < -0.3 is 10.2 Å². The summed E-state index contributed by atoms with van der Waals surface area (Å²) in [5.74, 6) is -0.186. The molecule has 0 unspecified atom stereocenters. The summed E-state index contributed by atoms with van der Waals surface area (Å²) in [6.07, 6.45) is 2.49. The molecule has 1 aromatic carbocycles. The molecule has 4 heterocycles. The largest absolute Gasteiger partial charge is 0.337 e. The van der Waals surface area contributed by atoms with E-state index >= 15 is 0 Å². The van der Waals surface area contributed by atoms with Gasteiger partial charge >= 0.3 is 0 Å². The minimum atomic E-state index is -0.250. The fourth-order valence-electron chi connectivity index (χ4n) is 3.67. The first kappa shape index (κ1) is 19.0. The molecular weight excluding hydrogens is 418 g/mol. The van der Waals surface area contributed by atoms with E-state index in [1.54, 1.807) is 42.3 Å². The average Bonchev–Trinajstić information content (AvgIpc) is 3.42. The van der Waals surface area contributed by atoms with E-state index in [1.165, 1.54) is 16.9 Å². The number of carbonyl (C=O) groups excluding carboxylic acids is 2. The highest BCUT2D eigenvalue weighted by Crippen LogP contribution is 2.45. The normalized spacial score (nSPS) is 13.5. The van der Waals surface area contributed by atoms with Crippen LogP contribution in [0.5, 0.6) is 0 Å². The number of hydrogen-bond acceptors (Lipinski definition) is 6. The molecule has 5 rings (SSSR count). The first-order valence-electron chi connectivity index (χ1n) is 9.56. The molecule has 152 valence electrons. The van der Waals surface area contributed by atoms with E-state index in [1.807, 2.05) is 23.1 Å². The molecule has 0 bridgehead atoms. The van der Waals surface area contributed by atoms with Crippen LogP contribution in [0, 0.1) is 0 Å². The van der Waals surface area contributed by atoms with Gasteiger partial charge in [-0.1, -0.05) is 12.1 Å². The molecule has 3 aromatic heterocycles. The second kappa shape index (κ2) is 7.33. The molecule has 30 heavy (non-hydrogen) atoms. The standard InChI is InChI=1S/C21H19N5O2S2/c1-12(27)26-10-7-13-17(11-26)30-21(23-19(28)15-8-9-25(2)24-15)18(13)20-22-14-5-3-4-6-16(14)29-20/h3-6,8-9H,7,10-11H2,1-2H3,(H,23,28). The maximum absolute atomic E-state index is 12.8. The van der Waals surface area contributed by atoms with Crippen molar-refractivity contribution in [2.24, 2.45) is 7.05 Å². The van der Waals surface area contributed by atoms with Crippen molar-refractivity contribution in [2.75, 3.05) is 11.9 Å². The number of nitrogens with zero attached hydrogens (tertiary/aromatic N) is 4. The van der Waals surface area contributed by atoms with Crippen LogP contribution in [0.3, 0.4) is 0 Å². The number of aromatic nitrogens is 3. The third-order valence-corrected chi connectivity index (χ3v) is 7.37. The van der Waals surface area contributed by atoms with Crippen molar-refractivity contribution in [3.05, 3.63) is 52.7 Å². The summed E-state index contributed by atoms with van der Waals surface area (Å²) in [5.41, 5.74) is 3.46. The summed E-state index contributed by atoms with van der Waals surface area (Å²) in [5, 5.41) is 8.91. The number of anilines is 1. The van der Waals surface area contributed by atoms with Crippen molar-refractivity contribution < 1.29 is 9.59 Å². The molecule has 0 aliphatic carbocycles. The Kier molecular flexibility index (Phi) is 4.63. The summed E-state index contributed by atoms with van der Waals surface area (Å²) in [7, 11) is 1.78. The first-order chi connectivity index (χ1) is 14.5. The minimum absolute atomic E-state index is 0.0645. The third kappa shape index (κ3) is 3.29. The van der Waals surface area contributed by atoms with Crippen molar-refractivity contribution in [2.45, 2.75) is 19.9 Å². The van der Waals surface area contributed by atoms with Gasteiger partial charge in [-0.2, -0.15) is 5.10 Å². The lowest BCUT2D eigenvalue weighted by Crippen LogP contribution is -2.33. The molecule has 1 N–H and O–H groups in total. The fourth-order valence-corrected chi connectivity index (χ4v) is 6.04. The summed E-state index contributed by atoms with van der Waals surface area (Å²) < 4.78 is 2.71. The number of nitrogens with one attached hydrogen (secondary N) is 1. The number of benzene rings is 1. The molecule has 7 nitrogen and oxygen atoms in total. The molecule has 4 aromatic rings. The molecule has 2 amide bonds. The Labute approximate surface area is 181 Å². The van der Waals surface area contributed by atoms with Gasteiger partial charge in [0.25, 0.3) is 5.91 Å². The van der Waals surface area contributed by atoms with Gasteiger partial charge in [-0.3, -0.25) is 14.3 Å². The summed E-state index contributed by atoms with van der Waals surface area (Å²) in [4.78, 5) is 32.5. The Bertz CT molecular complexity index is 1250. The lowest BCUT2D eigenvalue weighted by atomic mass is 10.0. The monoisotopic (exact) mass is 437 g/mol. The Morgan fingerprint density at radius 3 is 2.73 bits per heavy atom. The number of carbonyl (C=O) groups is 2. The zero-order valence-electron chi connectivity index (χ0n) is 16.5. The van der Waals surface area contributed by atoms with E-state index in [2.05, 4.69) is 16.5 Å². The van der Waals surface area contributed by atoms with Gasteiger partial charge in [0.15, 0.2) is 5.69 Å². The van der Waals surface area contributed by atoms with Gasteiger partial charge in [-0.15, -0.1) is 22.7 Å². The van der Waals surface area contributed by atoms with E-state index in [9.17, 15) is 9.59 Å². The average molecular weight is 438 g/mol. The lowest BCUT2D eigenvalue weighted by Gasteiger charge is -2.25. The molecule has 0 radical (unpaired) electrons. The maximum Gasteiger partial charge on any atom is 0.276 e. The fraction of sp³-hybridized carbons (Fsp3) is 0.238. The second-order valence-corrected chi connectivity index (χ2v) is 9.35. The predicted octanol–water partition coefficient (Wildman–Crippen LogP) is 3.92. The number of hydrogen-bond donors (Lipinski definition) is 1. The summed E-state index contributed by atoms with van der Waals surface area (Å²) in [6.45, 7) is 2.83. The van der Waals surface area contributed by atoms with Gasteiger partial charge in [-0.25, -0.2) is 4.98 Å². The summed E-state index contributed by atoms with van der Waals surface area (Å²) in [6, 6.07) is 9.72. The topological polar surface area (TPSA) is 80.1 Å². The molecule has 1 aliphatic heterocycles. The summed E-state index contributed by atoms with van der Waals surface area (Å²) >= 11 is 3.14. The van der Waals surface area contributed by atoms with Crippen molar-refractivity contribution >= 4 is 49.7 Å². The van der Waals surface area contributed by atoms with Crippen molar-refractivity contribution in [3.8, 4) is 10.6 Å². The van der Waals surface area contributed by atoms with Gasteiger partial charge in [0.2, 0.25) is 5.91 Å². The highest BCUT2D eigenvalue weighted by atomic mass is 32.1. The van der Waals surface area contributed by atoms with Gasteiger partial charge in [0, 0.05) is 37.2 Å². The lowest BCUT2D eigenvalue weighted by molar-refractivity contribution is -0.129. The number of amides is 2. The number of thiophene rings is 1. The second-order valence-electron chi connectivity index (χ2n) is 7.21. The minimum Gasteiger partial charge on any atom is -0.337 e. The molecule has 0 fully saturated rings. The Morgan fingerprint density at radius 2 is 2.00 bits per heavy atom. The smallest absolute Gasteiger partial charge is 0.276 e. The van der Waals surface area contributed by atoms with Crippen LogP contribution in [-0.2, 0) is 24.8 Å². The molecule has 0 atom stereocenters. The maximum atomic E-state index is 12.8. The van der Waals surface area contributed by atoms with Crippen LogP contribution in [0.25, 0.3) is 20.8 Å². The zero-order valence-corrected chi connectivity index (χ0v) is 18.1. The molecule has 0 saturated heterocycles. The van der Waals surface area contributed by atoms with E-state index in [-0.39, 0.29) is 11.8 Å². The van der Waals surface area contributed by atoms with Crippen LogP contribution < -0.4 is 5.32 Å². The van der Waals surface area contributed by atoms with Crippen LogP contribution in [0.2, 0.25) is 0 Å². The van der Waals surface area contributed by atoms with E-state index in [4.69, 9.17) is 4.98 Å². The number of fused-ring (bicyclic) bond motifs is 2. The SMILES string of the molecule is CC(=O)N1CCc2c(sc(NC(=O)c3ccn(C)n3)c2-c2nc3ccccc3s2)C1. The van der Waals surface area contributed by atoms with Crippen LogP contribution in [-0.4, -0.2) is 38.0 Å². The Hall–Kier alpha value is -3.04. The van der Waals surface area contributed by atoms with Gasteiger partial charge in [0.05, 0.1) is 16.8 Å². The number of aryl methyl sites for hydroxylation is 1. The third-order valence-electron chi connectivity index (χ3n) is 5.18. The Morgan fingerprint density at radius 1 is 1.17 bits per heavy atom. The van der Waals surface area contributed by atoms with E-state index < -0.39 is 0 Å². The van der Waals surface area contributed by atoms with Crippen molar-refractivity contribution in [1.29, 1.82) is 0 Å². The number of para-hydroxylation sites is 1. The highest BCUT2D eigenvalue weighted by molar-refractivity contribution is 7.23. The van der Waals surface area contributed by atoms with Gasteiger partial charge in [-0.05, 0) is 30.2 Å².